The maximum absolute atomic E-state index is 5.75. The summed E-state index contributed by atoms with van der Waals surface area (Å²) in [5.41, 5.74) is 2.56. The molecule has 18 heavy (non-hydrogen) atoms. The minimum absolute atomic E-state index is 0.0377. The minimum atomic E-state index is 0.0377. The van der Waals surface area contributed by atoms with Gasteiger partial charge in [-0.15, -0.1) is 0 Å². The molecule has 1 aromatic rings. The smallest absolute Gasteiger partial charge is 0.0779 e. The van der Waals surface area contributed by atoms with E-state index in [1.54, 1.807) is 7.11 Å². The first kappa shape index (κ1) is 13.5. The number of benzene rings is 1. The van der Waals surface area contributed by atoms with Crippen LogP contribution >= 0.6 is 0 Å². The van der Waals surface area contributed by atoms with Gasteiger partial charge >= 0.3 is 0 Å². The summed E-state index contributed by atoms with van der Waals surface area (Å²) >= 11 is 0. The fraction of sp³-hybridized carbons (Fsp3) is 0.600. The van der Waals surface area contributed by atoms with Crippen LogP contribution in [0.3, 0.4) is 0 Å². The molecule has 1 saturated heterocycles. The maximum atomic E-state index is 5.75. The summed E-state index contributed by atoms with van der Waals surface area (Å²) in [6.07, 6.45) is 2.34. The van der Waals surface area contributed by atoms with E-state index in [9.17, 15) is 0 Å². The van der Waals surface area contributed by atoms with E-state index < -0.39 is 0 Å². The summed E-state index contributed by atoms with van der Waals surface area (Å²) in [6.45, 7) is 5.59. The first-order valence-corrected chi connectivity index (χ1v) is 6.63. The molecule has 1 unspecified atom stereocenters. The van der Waals surface area contributed by atoms with E-state index in [-0.39, 0.29) is 5.60 Å². The van der Waals surface area contributed by atoms with Crippen molar-refractivity contribution in [1.82, 2.24) is 5.32 Å². The highest BCUT2D eigenvalue weighted by Gasteiger charge is 2.28. The molecule has 0 bridgehead atoms. The fourth-order valence-electron chi connectivity index (χ4n) is 2.37. The van der Waals surface area contributed by atoms with Crippen molar-refractivity contribution in [2.24, 2.45) is 0 Å². The van der Waals surface area contributed by atoms with Crippen molar-refractivity contribution in [2.45, 2.75) is 38.5 Å². The number of ether oxygens (including phenoxy) is 2. The molecule has 2 rings (SSSR count). The molecule has 0 aliphatic carbocycles. The molecule has 1 atom stereocenters. The number of hydrogen-bond donors (Lipinski definition) is 1. The molecule has 1 fully saturated rings. The Balaban J connectivity index is 1.76. The molecule has 3 nitrogen and oxygen atoms in total. The van der Waals surface area contributed by atoms with Crippen molar-refractivity contribution >= 4 is 0 Å². The third-order valence-electron chi connectivity index (χ3n) is 3.46. The summed E-state index contributed by atoms with van der Waals surface area (Å²) in [5.74, 6) is 0. The lowest BCUT2D eigenvalue weighted by Gasteiger charge is -2.23. The van der Waals surface area contributed by atoms with Crippen LogP contribution in [0.4, 0.5) is 0 Å². The standard InChI is InChI=1S/C15H23NO2/c1-15(8-3-9-18-15)12-16-10-13-4-6-14(7-5-13)11-17-2/h4-7,16H,3,8-12H2,1-2H3. The van der Waals surface area contributed by atoms with Crippen LogP contribution < -0.4 is 5.32 Å². The highest BCUT2D eigenvalue weighted by molar-refractivity contribution is 5.21. The fourth-order valence-corrected chi connectivity index (χ4v) is 2.37. The van der Waals surface area contributed by atoms with Gasteiger partial charge in [0.15, 0.2) is 0 Å². The monoisotopic (exact) mass is 249 g/mol. The zero-order chi connectivity index (χ0) is 12.8. The van der Waals surface area contributed by atoms with E-state index in [0.29, 0.717) is 6.61 Å². The quantitative estimate of drug-likeness (QED) is 0.840. The van der Waals surface area contributed by atoms with Crippen molar-refractivity contribution in [2.75, 3.05) is 20.3 Å². The van der Waals surface area contributed by atoms with E-state index in [4.69, 9.17) is 9.47 Å². The normalized spacial score (nSPS) is 23.4. The molecule has 3 heteroatoms. The average molecular weight is 249 g/mol. The molecule has 100 valence electrons. The molecule has 0 radical (unpaired) electrons. The predicted octanol–water partition coefficient (Wildman–Crippen LogP) is 2.49. The molecule has 1 aliphatic rings. The molecular formula is C15H23NO2. The zero-order valence-electron chi connectivity index (χ0n) is 11.4. The van der Waals surface area contributed by atoms with Crippen LogP contribution in [0.1, 0.15) is 30.9 Å². The lowest BCUT2D eigenvalue weighted by atomic mass is 10.0. The first-order valence-electron chi connectivity index (χ1n) is 6.63. The average Bonchev–Trinajstić information content (AvgIpc) is 2.79. The molecule has 1 aromatic carbocycles. The Hall–Kier alpha value is -0.900. The predicted molar refractivity (Wildman–Crippen MR) is 72.5 cm³/mol. The molecule has 1 heterocycles. The molecular weight excluding hydrogens is 226 g/mol. The Kier molecular flexibility index (Phi) is 4.75. The molecule has 1 aliphatic heterocycles. The Bertz CT molecular complexity index is 355. The largest absolute Gasteiger partial charge is 0.380 e. The Labute approximate surface area is 109 Å². The molecule has 0 spiro atoms. The van der Waals surface area contributed by atoms with Crippen LogP contribution in [0.25, 0.3) is 0 Å². The number of hydrogen-bond acceptors (Lipinski definition) is 3. The number of nitrogens with one attached hydrogen (secondary N) is 1. The van der Waals surface area contributed by atoms with Gasteiger partial charge in [0, 0.05) is 26.8 Å². The minimum Gasteiger partial charge on any atom is -0.380 e. The SMILES string of the molecule is COCc1ccc(CNCC2(C)CCCO2)cc1. The van der Waals surface area contributed by atoms with Gasteiger partial charge in [-0.25, -0.2) is 0 Å². The van der Waals surface area contributed by atoms with Crippen LogP contribution in [0, 0.1) is 0 Å². The summed E-state index contributed by atoms with van der Waals surface area (Å²) in [5, 5.41) is 3.48. The highest BCUT2D eigenvalue weighted by atomic mass is 16.5. The topological polar surface area (TPSA) is 30.5 Å². The zero-order valence-corrected chi connectivity index (χ0v) is 11.4. The van der Waals surface area contributed by atoms with Gasteiger partial charge in [-0.3, -0.25) is 0 Å². The molecule has 0 saturated carbocycles. The van der Waals surface area contributed by atoms with Gasteiger partial charge in [0.05, 0.1) is 12.2 Å². The maximum Gasteiger partial charge on any atom is 0.0779 e. The second-order valence-electron chi connectivity index (χ2n) is 5.25. The van der Waals surface area contributed by atoms with Crippen LogP contribution in [0.2, 0.25) is 0 Å². The molecule has 0 amide bonds. The first-order chi connectivity index (χ1) is 8.72. The lowest BCUT2D eigenvalue weighted by Crippen LogP contribution is -2.36. The van der Waals surface area contributed by atoms with Crippen LogP contribution in [-0.2, 0) is 22.6 Å². The summed E-state index contributed by atoms with van der Waals surface area (Å²) in [4.78, 5) is 0. The number of rotatable bonds is 6. The number of methoxy groups -OCH3 is 1. The summed E-state index contributed by atoms with van der Waals surface area (Å²) in [6, 6.07) is 8.54. The van der Waals surface area contributed by atoms with Crippen LogP contribution in [-0.4, -0.2) is 25.9 Å². The third-order valence-corrected chi connectivity index (χ3v) is 3.46. The second kappa shape index (κ2) is 6.32. The van der Waals surface area contributed by atoms with E-state index in [1.165, 1.54) is 17.5 Å². The lowest BCUT2D eigenvalue weighted by molar-refractivity contribution is 0.0207. The van der Waals surface area contributed by atoms with Crippen molar-refractivity contribution in [3.8, 4) is 0 Å². The van der Waals surface area contributed by atoms with Gasteiger partial charge < -0.3 is 14.8 Å². The van der Waals surface area contributed by atoms with Gasteiger partial charge in [-0.2, -0.15) is 0 Å². The van der Waals surface area contributed by atoms with Gasteiger partial charge in [0.1, 0.15) is 0 Å². The van der Waals surface area contributed by atoms with Gasteiger partial charge in [-0.1, -0.05) is 24.3 Å². The van der Waals surface area contributed by atoms with Crippen molar-refractivity contribution in [1.29, 1.82) is 0 Å². The van der Waals surface area contributed by atoms with Crippen molar-refractivity contribution in [3.63, 3.8) is 0 Å². The van der Waals surface area contributed by atoms with Crippen LogP contribution in [0.5, 0.6) is 0 Å². The van der Waals surface area contributed by atoms with E-state index >= 15 is 0 Å². The van der Waals surface area contributed by atoms with Crippen molar-refractivity contribution in [3.05, 3.63) is 35.4 Å². The summed E-state index contributed by atoms with van der Waals surface area (Å²) < 4.78 is 10.8. The van der Waals surface area contributed by atoms with Crippen LogP contribution in [0.15, 0.2) is 24.3 Å². The Morgan fingerprint density at radius 3 is 2.61 bits per heavy atom. The molecule has 1 N–H and O–H groups in total. The van der Waals surface area contributed by atoms with E-state index in [2.05, 4.69) is 36.5 Å². The third kappa shape index (κ3) is 3.80. The van der Waals surface area contributed by atoms with E-state index in [1.807, 2.05) is 0 Å². The van der Waals surface area contributed by atoms with E-state index in [0.717, 1.165) is 26.1 Å². The Morgan fingerprint density at radius 2 is 2.00 bits per heavy atom. The van der Waals surface area contributed by atoms with Gasteiger partial charge in [0.25, 0.3) is 0 Å². The van der Waals surface area contributed by atoms with Gasteiger partial charge in [-0.05, 0) is 30.9 Å². The second-order valence-corrected chi connectivity index (χ2v) is 5.25. The van der Waals surface area contributed by atoms with Gasteiger partial charge in [0.2, 0.25) is 0 Å². The molecule has 0 aromatic heterocycles. The van der Waals surface area contributed by atoms with Crippen molar-refractivity contribution < 1.29 is 9.47 Å². The highest BCUT2D eigenvalue weighted by Crippen LogP contribution is 2.23. The summed E-state index contributed by atoms with van der Waals surface area (Å²) in [7, 11) is 1.72. The Morgan fingerprint density at radius 1 is 1.28 bits per heavy atom.